The monoisotopic (exact) mass is 258 g/mol. The Morgan fingerprint density at radius 2 is 2.11 bits per heavy atom. The lowest BCUT2D eigenvalue weighted by molar-refractivity contribution is 0.740. The maximum Gasteiger partial charge on any atom is 0.350 e. The summed E-state index contributed by atoms with van der Waals surface area (Å²) >= 11 is 0. The van der Waals surface area contributed by atoms with E-state index >= 15 is 0 Å². The van der Waals surface area contributed by atoms with Gasteiger partial charge in [-0.3, -0.25) is 0 Å². The molecule has 0 bridgehead atoms. The van der Waals surface area contributed by atoms with Gasteiger partial charge in [-0.15, -0.1) is 0 Å². The second-order valence-corrected chi connectivity index (χ2v) is 4.46. The minimum atomic E-state index is -0.312. The number of aryl methyl sites for hydroxylation is 3. The van der Waals surface area contributed by atoms with E-state index in [1.54, 1.807) is 10.7 Å². The van der Waals surface area contributed by atoms with Crippen LogP contribution >= 0.6 is 0 Å². The predicted octanol–water partition coefficient (Wildman–Crippen LogP) is 0.783. The molecule has 19 heavy (non-hydrogen) atoms. The van der Waals surface area contributed by atoms with Gasteiger partial charge in [-0.2, -0.15) is 10.2 Å². The molecule has 1 N–H and O–H groups in total. The fourth-order valence-corrected chi connectivity index (χ4v) is 2.11. The van der Waals surface area contributed by atoms with Gasteiger partial charge < -0.3 is 0 Å². The third-order valence-electron chi connectivity index (χ3n) is 3.00. The quantitative estimate of drug-likeness (QED) is 0.736. The fourth-order valence-electron chi connectivity index (χ4n) is 2.11. The van der Waals surface area contributed by atoms with E-state index in [0.29, 0.717) is 11.6 Å². The van der Waals surface area contributed by atoms with Gasteiger partial charge in [0.1, 0.15) is 0 Å². The highest BCUT2D eigenvalue weighted by molar-refractivity contribution is 5.42. The summed E-state index contributed by atoms with van der Waals surface area (Å²) in [6, 6.07) is 3.74. The summed E-state index contributed by atoms with van der Waals surface area (Å²) in [7, 11) is 0. The molecule has 0 spiro atoms. The van der Waals surface area contributed by atoms with Crippen LogP contribution in [0.1, 0.15) is 24.0 Å². The largest absolute Gasteiger partial charge is 0.350 e. The lowest BCUT2D eigenvalue weighted by Crippen LogP contribution is -2.18. The van der Waals surface area contributed by atoms with Crippen LogP contribution in [0.25, 0.3) is 11.6 Å². The van der Waals surface area contributed by atoms with Crippen molar-refractivity contribution in [2.75, 3.05) is 0 Å². The first kappa shape index (κ1) is 11.6. The van der Waals surface area contributed by atoms with E-state index in [4.69, 9.17) is 0 Å². The normalized spacial score (nSPS) is 11.3. The molecule has 0 saturated heterocycles. The zero-order valence-corrected chi connectivity index (χ0v) is 11.0. The number of aromatic nitrogens is 6. The summed E-state index contributed by atoms with van der Waals surface area (Å²) in [6.45, 7) is 5.84. The first-order chi connectivity index (χ1) is 9.10. The van der Waals surface area contributed by atoms with Crippen LogP contribution < -0.4 is 5.69 Å². The Morgan fingerprint density at radius 3 is 2.74 bits per heavy atom. The van der Waals surface area contributed by atoms with Crippen LogP contribution in [-0.2, 0) is 6.42 Å². The van der Waals surface area contributed by atoms with Crippen molar-refractivity contribution >= 4 is 5.65 Å². The molecular weight excluding hydrogens is 244 g/mol. The molecule has 0 amide bonds. The molecule has 0 radical (unpaired) electrons. The van der Waals surface area contributed by atoms with Crippen molar-refractivity contribution in [3.05, 3.63) is 39.7 Å². The molecule has 0 atom stereocenters. The van der Waals surface area contributed by atoms with Gasteiger partial charge in [0, 0.05) is 17.5 Å². The molecule has 0 aliphatic heterocycles. The number of aromatic amines is 1. The molecule has 3 heterocycles. The zero-order chi connectivity index (χ0) is 13.6. The second kappa shape index (κ2) is 4.04. The van der Waals surface area contributed by atoms with E-state index in [1.165, 1.54) is 4.40 Å². The van der Waals surface area contributed by atoms with E-state index < -0.39 is 0 Å². The fraction of sp³-hybridized carbons (Fsp3) is 0.333. The summed E-state index contributed by atoms with van der Waals surface area (Å²) < 4.78 is 3.09. The molecule has 0 saturated carbocycles. The summed E-state index contributed by atoms with van der Waals surface area (Å²) in [5.41, 5.74) is 2.92. The minimum absolute atomic E-state index is 0.312. The average Bonchev–Trinajstić information content (AvgIpc) is 2.92. The Labute approximate surface area is 108 Å². The number of nitrogens with zero attached hydrogens (tertiary/aromatic N) is 5. The van der Waals surface area contributed by atoms with Crippen molar-refractivity contribution in [2.24, 2.45) is 0 Å². The molecule has 7 nitrogen and oxygen atoms in total. The Hall–Kier alpha value is -2.44. The molecule has 0 aliphatic rings. The van der Waals surface area contributed by atoms with Gasteiger partial charge in [0.15, 0.2) is 5.65 Å². The third-order valence-corrected chi connectivity index (χ3v) is 3.00. The van der Waals surface area contributed by atoms with Crippen LogP contribution in [0.3, 0.4) is 0 Å². The van der Waals surface area contributed by atoms with Gasteiger partial charge in [0.2, 0.25) is 5.95 Å². The van der Waals surface area contributed by atoms with Gasteiger partial charge in [-0.1, -0.05) is 6.92 Å². The van der Waals surface area contributed by atoms with Crippen molar-refractivity contribution in [1.29, 1.82) is 0 Å². The van der Waals surface area contributed by atoms with Crippen LogP contribution in [0.5, 0.6) is 0 Å². The number of H-pyrrole nitrogens is 1. The van der Waals surface area contributed by atoms with Crippen LogP contribution in [0.15, 0.2) is 16.9 Å². The molecule has 3 rings (SSSR count). The predicted molar refractivity (Wildman–Crippen MR) is 69.6 cm³/mol. The SMILES string of the molecule is CCc1cc2n[nH]c(=O)n2c(-n2nc(C)cc2C)n1. The smallest absolute Gasteiger partial charge is 0.246 e. The van der Waals surface area contributed by atoms with Crippen molar-refractivity contribution in [1.82, 2.24) is 29.4 Å². The van der Waals surface area contributed by atoms with Crippen LogP contribution in [0.4, 0.5) is 0 Å². The van der Waals surface area contributed by atoms with Crippen LogP contribution in [-0.4, -0.2) is 29.4 Å². The molecule has 7 heteroatoms. The first-order valence-electron chi connectivity index (χ1n) is 6.11. The summed E-state index contributed by atoms with van der Waals surface area (Å²) in [5, 5.41) is 10.8. The molecule has 3 aromatic rings. The molecule has 0 aliphatic carbocycles. The van der Waals surface area contributed by atoms with Gasteiger partial charge >= 0.3 is 5.69 Å². The van der Waals surface area contributed by atoms with Crippen molar-refractivity contribution < 1.29 is 0 Å². The minimum Gasteiger partial charge on any atom is -0.246 e. The topological polar surface area (TPSA) is 80.9 Å². The number of rotatable bonds is 2. The Morgan fingerprint density at radius 1 is 1.32 bits per heavy atom. The van der Waals surface area contributed by atoms with E-state index in [1.807, 2.05) is 26.8 Å². The van der Waals surface area contributed by atoms with E-state index in [9.17, 15) is 4.79 Å². The lowest BCUT2D eigenvalue weighted by atomic mass is 10.3. The van der Waals surface area contributed by atoms with E-state index in [-0.39, 0.29) is 5.69 Å². The Balaban J connectivity index is 2.41. The zero-order valence-electron chi connectivity index (χ0n) is 11.0. The highest BCUT2D eigenvalue weighted by Crippen LogP contribution is 2.12. The third kappa shape index (κ3) is 1.74. The summed E-state index contributed by atoms with van der Waals surface area (Å²) in [5.74, 6) is 0.471. The molecular formula is C12H14N6O. The highest BCUT2D eigenvalue weighted by atomic mass is 16.1. The summed E-state index contributed by atoms with van der Waals surface area (Å²) in [6.07, 6.45) is 0.768. The number of fused-ring (bicyclic) bond motifs is 1. The molecule has 0 fully saturated rings. The Kier molecular flexibility index (Phi) is 2.48. The van der Waals surface area contributed by atoms with Gasteiger partial charge in [0.05, 0.1) is 5.69 Å². The van der Waals surface area contributed by atoms with E-state index in [0.717, 1.165) is 23.5 Å². The van der Waals surface area contributed by atoms with Crippen LogP contribution in [0, 0.1) is 13.8 Å². The molecule has 98 valence electrons. The van der Waals surface area contributed by atoms with E-state index in [2.05, 4.69) is 20.3 Å². The maximum absolute atomic E-state index is 11.9. The van der Waals surface area contributed by atoms with Gasteiger partial charge in [-0.25, -0.2) is 24.0 Å². The molecule has 3 aromatic heterocycles. The standard InChI is InChI=1S/C12H14N6O/c1-4-9-6-10-14-15-12(19)17(10)11(13-9)18-8(3)5-7(2)16-18/h5-6H,4H2,1-3H3,(H,15,19). The second-order valence-electron chi connectivity index (χ2n) is 4.46. The lowest BCUT2D eigenvalue weighted by Gasteiger charge is -2.07. The van der Waals surface area contributed by atoms with Crippen molar-refractivity contribution in [2.45, 2.75) is 27.2 Å². The van der Waals surface area contributed by atoms with Crippen molar-refractivity contribution in [3.8, 4) is 5.95 Å². The Bertz CT molecular complexity index is 809. The van der Waals surface area contributed by atoms with Gasteiger partial charge in [0.25, 0.3) is 0 Å². The van der Waals surface area contributed by atoms with Crippen LogP contribution in [0.2, 0.25) is 0 Å². The number of hydrogen-bond acceptors (Lipinski definition) is 4. The molecule has 0 aromatic carbocycles. The number of hydrogen-bond donors (Lipinski definition) is 1. The summed E-state index contributed by atoms with van der Waals surface area (Å²) in [4.78, 5) is 16.4. The van der Waals surface area contributed by atoms with Crippen molar-refractivity contribution in [3.63, 3.8) is 0 Å². The maximum atomic E-state index is 11.9. The average molecular weight is 258 g/mol. The highest BCUT2D eigenvalue weighted by Gasteiger charge is 2.14. The first-order valence-corrected chi connectivity index (χ1v) is 6.11. The molecule has 0 unspecified atom stereocenters. The number of nitrogens with one attached hydrogen (secondary N) is 1. The van der Waals surface area contributed by atoms with Gasteiger partial charge in [-0.05, 0) is 26.3 Å².